The van der Waals surface area contributed by atoms with Crippen LogP contribution in [0, 0.1) is 5.41 Å². The van der Waals surface area contributed by atoms with Crippen molar-refractivity contribution in [1.82, 2.24) is 0 Å². The molecular formula is C20H24O2. The van der Waals surface area contributed by atoms with Crippen molar-refractivity contribution in [3.8, 4) is 11.5 Å². The molecule has 1 unspecified atom stereocenters. The molecule has 116 valence electrons. The molecule has 0 bridgehead atoms. The van der Waals surface area contributed by atoms with Crippen LogP contribution in [0.1, 0.15) is 45.6 Å². The number of aromatic hydroxyl groups is 2. The molecule has 1 aliphatic carbocycles. The Labute approximate surface area is 132 Å². The second kappa shape index (κ2) is 4.77. The van der Waals surface area contributed by atoms with Gasteiger partial charge in [-0.1, -0.05) is 45.1 Å². The Morgan fingerprint density at radius 3 is 2.50 bits per heavy atom. The van der Waals surface area contributed by atoms with Crippen LogP contribution in [0.25, 0.3) is 10.8 Å². The molecule has 1 aliphatic rings. The molecule has 0 saturated heterocycles. The van der Waals surface area contributed by atoms with Crippen LogP contribution < -0.4 is 0 Å². The maximum atomic E-state index is 10.6. The van der Waals surface area contributed by atoms with Gasteiger partial charge in [-0.2, -0.15) is 0 Å². The van der Waals surface area contributed by atoms with Crippen molar-refractivity contribution in [3.05, 3.63) is 48.0 Å². The Hall–Kier alpha value is -1.96. The van der Waals surface area contributed by atoms with Gasteiger partial charge in [-0.05, 0) is 48.3 Å². The maximum absolute atomic E-state index is 10.6. The van der Waals surface area contributed by atoms with E-state index in [-0.39, 0.29) is 16.6 Å². The van der Waals surface area contributed by atoms with Gasteiger partial charge in [-0.3, -0.25) is 0 Å². The van der Waals surface area contributed by atoms with E-state index in [2.05, 4.69) is 27.4 Å². The molecule has 1 saturated carbocycles. The first-order valence-electron chi connectivity index (χ1n) is 7.86. The standard InChI is InChI=1S/C20H24O2/c1-13-8-9-19(2,3)12-20(13,4)16-11-15-14(10-18(16)22)6-5-7-17(15)21/h5-7,10-11,21-22H,1,8-9,12H2,2-4H3. The minimum Gasteiger partial charge on any atom is -0.508 e. The molecule has 22 heavy (non-hydrogen) atoms. The highest BCUT2D eigenvalue weighted by atomic mass is 16.3. The van der Waals surface area contributed by atoms with Gasteiger partial charge in [0.05, 0.1) is 0 Å². The zero-order chi connectivity index (χ0) is 16.1. The molecule has 2 aromatic carbocycles. The summed E-state index contributed by atoms with van der Waals surface area (Å²) in [5.74, 6) is 0.544. The van der Waals surface area contributed by atoms with Gasteiger partial charge in [0.1, 0.15) is 11.5 Å². The summed E-state index contributed by atoms with van der Waals surface area (Å²) < 4.78 is 0. The number of phenols is 2. The monoisotopic (exact) mass is 296 g/mol. The number of fused-ring (bicyclic) bond motifs is 1. The lowest BCUT2D eigenvalue weighted by atomic mass is 9.59. The van der Waals surface area contributed by atoms with Gasteiger partial charge in [-0.25, -0.2) is 0 Å². The number of benzene rings is 2. The molecule has 3 rings (SSSR count). The molecule has 1 atom stereocenters. The first kappa shape index (κ1) is 15.0. The summed E-state index contributed by atoms with van der Waals surface area (Å²) in [5.41, 5.74) is 1.99. The molecular weight excluding hydrogens is 272 g/mol. The zero-order valence-corrected chi connectivity index (χ0v) is 13.6. The lowest BCUT2D eigenvalue weighted by Crippen LogP contribution is -2.36. The zero-order valence-electron chi connectivity index (χ0n) is 13.6. The van der Waals surface area contributed by atoms with Crippen LogP contribution in [0.4, 0.5) is 0 Å². The molecule has 0 amide bonds. The lowest BCUT2D eigenvalue weighted by Gasteiger charge is -2.45. The van der Waals surface area contributed by atoms with Crippen LogP contribution in [0.2, 0.25) is 0 Å². The summed E-state index contributed by atoms with van der Waals surface area (Å²) in [6.45, 7) is 11.0. The van der Waals surface area contributed by atoms with Crippen molar-refractivity contribution >= 4 is 10.8 Å². The average molecular weight is 296 g/mol. The van der Waals surface area contributed by atoms with E-state index >= 15 is 0 Å². The highest BCUT2D eigenvalue weighted by Crippen LogP contribution is 2.52. The van der Waals surface area contributed by atoms with Crippen molar-refractivity contribution in [2.75, 3.05) is 0 Å². The van der Waals surface area contributed by atoms with E-state index in [0.717, 1.165) is 41.2 Å². The van der Waals surface area contributed by atoms with E-state index in [0.29, 0.717) is 5.75 Å². The normalized spacial score (nSPS) is 24.6. The summed E-state index contributed by atoms with van der Waals surface area (Å²) in [6, 6.07) is 9.07. The van der Waals surface area contributed by atoms with Gasteiger partial charge in [0, 0.05) is 16.4 Å². The Morgan fingerprint density at radius 1 is 1.05 bits per heavy atom. The summed E-state index contributed by atoms with van der Waals surface area (Å²) in [7, 11) is 0. The smallest absolute Gasteiger partial charge is 0.123 e. The first-order chi connectivity index (χ1) is 10.2. The second-order valence-corrected chi connectivity index (χ2v) is 7.64. The summed E-state index contributed by atoms with van der Waals surface area (Å²) in [4.78, 5) is 0. The van der Waals surface area contributed by atoms with Gasteiger partial charge in [0.15, 0.2) is 0 Å². The molecule has 2 N–H and O–H groups in total. The highest BCUT2D eigenvalue weighted by Gasteiger charge is 2.41. The van der Waals surface area contributed by atoms with Crippen molar-refractivity contribution in [2.45, 2.75) is 45.4 Å². The molecule has 1 fully saturated rings. The van der Waals surface area contributed by atoms with Gasteiger partial charge in [-0.15, -0.1) is 0 Å². The number of rotatable bonds is 1. The van der Waals surface area contributed by atoms with E-state index in [1.807, 2.05) is 12.1 Å². The summed E-state index contributed by atoms with van der Waals surface area (Å²) in [6.07, 6.45) is 3.05. The van der Waals surface area contributed by atoms with Crippen LogP contribution in [0.3, 0.4) is 0 Å². The minimum absolute atomic E-state index is 0.218. The van der Waals surface area contributed by atoms with Crippen LogP contribution in [-0.4, -0.2) is 10.2 Å². The third-order valence-electron chi connectivity index (χ3n) is 5.28. The van der Waals surface area contributed by atoms with Crippen molar-refractivity contribution in [1.29, 1.82) is 0 Å². The lowest BCUT2D eigenvalue weighted by molar-refractivity contribution is 0.206. The molecule has 0 heterocycles. The Balaban J connectivity index is 2.22. The quantitative estimate of drug-likeness (QED) is 0.703. The van der Waals surface area contributed by atoms with E-state index in [1.165, 1.54) is 0 Å². The molecule has 2 nitrogen and oxygen atoms in total. The fraction of sp³-hybridized carbons (Fsp3) is 0.400. The molecule has 2 aromatic rings. The second-order valence-electron chi connectivity index (χ2n) is 7.64. The largest absolute Gasteiger partial charge is 0.508 e. The highest BCUT2D eigenvalue weighted by molar-refractivity contribution is 5.90. The number of allylic oxidation sites excluding steroid dienone is 1. The minimum atomic E-state index is -0.262. The topological polar surface area (TPSA) is 40.5 Å². The van der Waals surface area contributed by atoms with E-state index < -0.39 is 0 Å². The molecule has 2 heteroatoms. The number of hydrogen-bond donors (Lipinski definition) is 2. The first-order valence-corrected chi connectivity index (χ1v) is 7.86. The van der Waals surface area contributed by atoms with E-state index in [4.69, 9.17) is 0 Å². The molecule has 0 aromatic heterocycles. The van der Waals surface area contributed by atoms with Gasteiger partial charge < -0.3 is 10.2 Å². The summed E-state index contributed by atoms with van der Waals surface area (Å²) >= 11 is 0. The van der Waals surface area contributed by atoms with Crippen molar-refractivity contribution < 1.29 is 10.2 Å². The van der Waals surface area contributed by atoms with Gasteiger partial charge in [0.2, 0.25) is 0 Å². The fourth-order valence-electron chi connectivity index (χ4n) is 3.96. The molecule has 0 aliphatic heterocycles. The fourth-order valence-corrected chi connectivity index (χ4v) is 3.96. The van der Waals surface area contributed by atoms with Gasteiger partial charge >= 0.3 is 0 Å². The van der Waals surface area contributed by atoms with Crippen LogP contribution in [0.5, 0.6) is 11.5 Å². The Kier molecular flexibility index (Phi) is 3.24. The molecule has 0 spiro atoms. The van der Waals surface area contributed by atoms with Crippen molar-refractivity contribution in [3.63, 3.8) is 0 Å². The third kappa shape index (κ3) is 2.27. The summed E-state index contributed by atoms with van der Waals surface area (Å²) in [5, 5.41) is 22.4. The predicted octanol–water partition coefficient (Wildman–Crippen LogP) is 5.28. The average Bonchev–Trinajstić information content (AvgIpc) is 2.42. The molecule has 0 radical (unpaired) electrons. The SMILES string of the molecule is C=C1CCC(C)(C)CC1(C)c1cc2c(O)cccc2cc1O. The van der Waals surface area contributed by atoms with E-state index in [9.17, 15) is 10.2 Å². The maximum Gasteiger partial charge on any atom is 0.123 e. The third-order valence-corrected chi connectivity index (χ3v) is 5.28. The van der Waals surface area contributed by atoms with Crippen LogP contribution in [0.15, 0.2) is 42.5 Å². The van der Waals surface area contributed by atoms with E-state index in [1.54, 1.807) is 18.2 Å². The number of phenolic OH excluding ortho intramolecular Hbond substituents is 2. The van der Waals surface area contributed by atoms with Crippen molar-refractivity contribution in [2.24, 2.45) is 5.41 Å². The number of hydrogen-bond acceptors (Lipinski definition) is 2. The predicted molar refractivity (Wildman–Crippen MR) is 91.4 cm³/mol. The van der Waals surface area contributed by atoms with Crippen LogP contribution >= 0.6 is 0 Å². The Morgan fingerprint density at radius 2 is 1.77 bits per heavy atom. The van der Waals surface area contributed by atoms with Crippen LogP contribution in [-0.2, 0) is 5.41 Å². The van der Waals surface area contributed by atoms with Gasteiger partial charge in [0.25, 0.3) is 0 Å². The Bertz CT molecular complexity index is 758.